The lowest BCUT2D eigenvalue weighted by atomic mass is 9.77. The highest BCUT2D eigenvalue weighted by Crippen LogP contribution is 2.38. The molecule has 0 saturated heterocycles. The number of halogens is 1. The third kappa shape index (κ3) is 4.93. The Morgan fingerprint density at radius 1 is 1.03 bits per heavy atom. The molecule has 0 spiro atoms. The van der Waals surface area contributed by atoms with E-state index in [2.05, 4.69) is 25.2 Å². The van der Waals surface area contributed by atoms with Crippen LogP contribution in [0.1, 0.15) is 43.6 Å². The summed E-state index contributed by atoms with van der Waals surface area (Å²) in [5.74, 6) is -0.292. The van der Waals surface area contributed by atoms with E-state index >= 15 is 0 Å². The molecule has 1 aliphatic heterocycles. The maximum atomic E-state index is 13.3. The minimum Gasteiger partial charge on any atom is -0.340 e. The third-order valence-electron chi connectivity index (χ3n) is 5.55. The Hall–Kier alpha value is -2.59. The number of hydrogen-bond acceptors (Lipinski definition) is 2. The Kier molecular flexibility index (Phi) is 6.67. The molecule has 2 amide bonds. The highest BCUT2D eigenvalue weighted by Gasteiger charge is 2.36. The molecule has 3 rings (SSSR count). The van der Waals surface area contributed by atoms with Crippen molar-refractivity contribution >= 4 is 29.0 Å². The molecule has 5 heteroatoms. The number of rotatable bonds is 5. The lowest BCUT2D eigenvalue weighted by molar-refractivity contribution is -0.135. The Morgan fingerprint density at radius 2 is 1.67 bits per heavy atom. The molecule has 2 aromatic rings. The van der Waals surface area contributed by atoms with E-state index < -0.39 is 6.04 Å². The van der Waals surface area contributed by atoms with Gasteiger partial charge in [0.25, 0.3) is 5.91 Å². The van der Waals surface area contributed by atoms with Crippen LogP contribution in [0.2, 0.25) is 5.02 Å². The summed E-state index contributed by atoms with van der Waals surface area (Å²) in [5.41, 5.74) is 2.67. The van der Waals surface area contributed by atoms with Crippen molar-refractivity contribution in [3.05, 3.63) is 76.8 Å². The monoisotopic (exact) mass is 424 g/mol. The van der Waals surface area contributed by atoms with E-state index in [-0.39, 0.29) is 23.1 Å². The molecular formula is C25H29ClN2O2. The van der Waals surface area contributed by atoms with Crippen LogP contribution in [-0.2, 0) is 4.79 Å². The Labute approximate surface area is 183 Å². The minimum absolute atomic E-state index is 0.0186. The van der Waals surface area contributed by atoms with E-state index in [0.717, 1.165) is 5.56 Å². The normalized spacial score (nSPS) is 16.7. The molecule has 0 saturated carbocycles. The van der Waals surface area contributed by atoms with Gasteiger partial charge in [0, 0.05) is 29.1 Å². The summed E-state index contributed by atoms with van der Waals surface area (Å²) < 4.78 is 0. The maximum Gasteiger partial charge on any atom is 0.251 e. The summed E-state index contributed by atoms with van der Waals surface area (Å²) in [7, 11) is 0. The molecule has 1 N–H and O–H groups in total. The molecule has 0 aliphatic carbocycles. The van der Waals surface area contributed by atoms with Crippen LogP contribution < -0.4 is 5.32 Å². The smallest absolute Gasteiger partial charge is 0.251 e. The molecule has 4 nitrogen and oxygen atoms in total. The van der Waals surface area contributed by atoms with E-state index in [9.17, 15) is 9.59 Å². The fourth-order valence-corrected chi connectivity index (χ4v) is 4.06. The van der Waals surface area contributed by atoms with Crippen molar-refractivity contribution in [1.82, 2.24) is 10.2 Å². The fourth-order valence-electron chi connectivity index (χ4n) is 3.93. The highest BCUT2D eigenvalue weighted by molar-refractivity contribution is 6.30. The van der Waals surface area contributed by atoms with Crippen LogP contribution in [-0.4, -0.2) is 35.8 Å². The number of carbonyl (C=O) groups is 2. The van der Waals surface area contributed by atoms with Gasteiger partial charge < -0.3 is 10.2 Å². The van der Waals surface area contributed by atoms with Crippen molar-refractivity contribution in [2.24, 2.45) is 11.3 Å². The first-order valence-corrected chi connectivity index (χ1v) is 10.7. The van der Waals surface area contributed by atoms with E-state index in [0.29, 0.717) is 23.7 Å². The van der Waals surface area contributed by atoms with Crippen LogP contribution in [0.15, 0.2) is 60.7 Å². The van der Waals surface area contributed by atoms with E-state index in [4.69, 9.17) is 11.6 Å². The summed E-state index contributed by atoms with van der Waals surface area (Å²) in [4.78, 5) is 27.8. The largest absolute Gasteiger partial charge is 0.340 e. The van der Waals surface area contributed by atoms with Crippen molar-refractivity contribution in [2.45, 2.75) is 33.7 Å². The summed E-state index contributed by atoms with van der Waals surface area (Å²) in [6.07, 6.45) is 2.11. The Morgan fingerprint density at radius 3 is 2.23 bits per heavy atom. The second kappa shape index (κ2) is 9.05. The van der Waals surface area contributed by atoms with Gasteiger partial charge in [-0.05, 0) is 41.3 Å². The van der Waals surface area contributed by atoms with Gasteiger partial charge >= 0.3 is 0 Å². The topological polar surface area (TPSA) is 49.4 Å². The van der Waals surface area contributed by atoms with Crippen molar-refractivity contribution in [3.8, 4) is 0 Å². The van der Waals surface area contributed by atoms with Gasteiger partial charge in [0.1, 0.15) is 6.04 Å². The predicted molar refractivity (Wildman–Crippen MR) is 122 cm³/mol. The highest BCUT2D eigenvalue weighted by atomic mass is 35.5. The molecule has 30 heavy (non-hydrogen) atoms. The van der Waals surface area contributed by atoms with Gasteiger partial charge in [0.15, 0.2) is 0 Å². The lowest BCUT2D eigenvalue weighted by Crippen LogP contribution is -2.54. The van der Waals surface area contributed by atoms with Crippen molar-refractivity contribution in [1.29, 1.82) is 0 Å². The van der Waals surface area contributed by atoms with Crippen LogP contribution in [0.5, 0.6) is 0 Å². The van der Waals surface area contributed by atoms with Gasteiger partial charge in [0.05, 0.1) is 0 Å². The molecule has 0 radical (unpaired) electrons. The van der Waals surface area contributed by atoms with Gasteiger partial charge in [-0.1, -0.05) is 75.7 Å². The standard InChI is InChI=1S/C25H29ClN2O2/c1-17(2)22(27-23(29)19-8-6-5-7-9-19)24(30)28-15-14-21(25(3,4)16-28)18-10-12-20(26)13-11-18/h5-14,17,22H,15-16H2,1-4H3,(H,27,29). The second-order valence-electron chi connectivity index (χ2n) is 8.79. The van der Waals surface area contributed by atoms with Gasteiger partial charge in [-0.25, -0.2) is 0 Å². The summed E-state index contributed by atoms with van der Waals surface area (Å²) in [6.45, 7) is 9.30. The van der Waals surface area contributed by atoms with Gasteiger partial charge in [0.2, 0.25) is 5.91 Å². The number of benzene rings is 2. The first-order chi connectivity index (χ1) is 14.2. The molecule has 0 aromatic heterocycles. The number of nitrogens with one attached hydrogen (secondary N) is 1. The van der Waals surface area contributed by atoms with E-state index in [1.807, 2.05) is 61.2 Å². The average Bonchev–Trinajstić information content (AvgIpc) is 2.72. The third-order valence-corrected chi connectivity index (χ3v) is 5.81. The Balaban J connectivity index is 1.78. The number of carbonyl (C=O) groups excluding carboxylic acids is 2. The predicted octanol–water partition coefficient (Wildman–Crippen LogP) is 5.05. The molecule has 1 atom stereocenters. The molecule has 158 valence electrons. The van der Waals surface area contributed by atoms with Crippen LogP contribution in [0.4, 0.5) is 0 Å². The SMILES string of the molecule is CC(C)C(NC(=O)c1ccccc1)C(=O)N1CC=C(c2ccc(Cl)cc2)C(C)(C)C1. The first kappa shape index (κ1) is 22.1. The van der Waals surface area contributed by atoms with Gasteiger partial charge in [-0.2, -0.15) is 0 Å². The van der Waals surface area contributed by atoms with Crippen LogP contribution in [0.3, 0.4) is 0 Å². The minimum atomic E-state index is -0.570. The molecule has 1 unspecified atom stereocenters. The van der Waals surface area contributed by atoms with Gasteiger partial charge in [-0.3, -0.25) is 9.59 Å². The van der Waals surface area contributed by atoms with E-state index in [1.54, 1.807) is 12.1 Å². The molecule has 1 aliphatic rings. The van der Waals surface area contributed by atoms with Crippen molar-refractivity contribution < 1.29 is 9.59 Å². The van der Waals surface area contributed by atoms with E-state index in [1.165, 1.54) is 5.57 Å². The zero-order valence-corrected chi connectivity index (χ0v) is 18.7. The van der Waals surface area contributed by atoms with Crippen molar-refractivity contribution in [2.75, 3.05) is 13.1 Å². The lowest BCUT2D eigenvalue weighted by Gasteiger charge is -2.40. The summed E-state index contributed by atoms with van der Waals surface area (Å²) >= 11 is 6.03. The zero-order valence-electron chi connectivity index (χ0n) is 18.0. The number of hydrogen-bond donors (Lipinski definition) is 1. The quantitative estimate of drug-likeness (QED) is 0.730. The number of amides is 2. The van der Waals surface area contributed by atoms with Crippen LogP contribution >= 0.6 is 11.6 Å². The molecule has 0 bridgehead atoms. The summed E-state index contributed by atoms with van der Waals surface area (Å²) in [5, 5.41) is 3.65. The molecule has 2 aromatic carbocycles. The Bertz CT molecular complexity index is 933. The summed E-state index contributed by atoms with van der Waals surface area (Å²) in [6, 6.07) is 16.2. The van der Waals surface area contributed by atoms with Crippen LogP contribution in [0.25, 0.3) is 5.57 Å². The maximum absolute atomic E-state index is 13.3. The zero-order chi connectivity index (χ0) is 21.9. The number of nitrogens with zero attached hydrogens (tertiary/aromatic N) is 1. The molecular weight excluding hydrogens is 396 g/mol. The molecule has 1 heterocycles. The van der Waals surface area contributed by atoms with Crippen LogP contribution in [0, 0.1) is 11.3 Å². The van der Waals surface area contributed by atoms with Gasteiger partial charge in [-0.15, -0.1) is 0 Å². The first-order valence-electron chi connectivity index (χ1n) is 10.3. The molecule has 0 fully saturated rings. The van der Waals surface area contributed by atoms with Crippen molar-refractivity contribution in [3.63, 3.8) is 0 Å². The average molecular weight is 425 g/mol. The fraction of sp³-hybridized carbons (Fsp3) is 0.360. The second-order valence-corrected chi connectivity index (χ2v) is 9.22.